The summed E-state index contributed by atoms with van der Waals surface area (Å²) in [4.78, 5) is 14.5. The van der Waals surface area contributed by atoms with Gasteiger partial charge in [-0.2, -0.15) is 12.6 Å². The molecule has 4 nitrogen and oxygen atoms in total. The summed E-state index contributed by atoms with van der Waals surface area (Å²) in [7, 11) is 0. The summed E-state index contributed by atoms with van der Waals surface area (Å²) in [5.74, 6) is 0. The van der Waals surface area contributed by atoms with Gasteiger partial charge in [0.2, 0.25) is 0 Å². The minimum absolute atomic E-state index is 0.0993. The summed E-state index contributed by atoms with van der Waals surface area (Å²) in [5, 5.41) is 2.16. The minimum atomic E-state index is 0.0993. The number of hydrogen-bond acceptors (Lipinski definition) is 7. The molecule has 47 heavy (non-hydrogen) atoms. The van der Waals surface area contributed by atoms with E-state index in [0.717, 1.165) is 66.3 Å². The van der Waals surface area contributed by atoms with Gasteiger partial charge in [0.25, 0.3) is 0 Å². The van der Waals surface area contributed by atoms with Crippen LogP contribution in [0.1, 0.15) is 17.7 Å². The van der Waals surface area contributed by atoms with Crippen LogP contribution in [-0.4, -0.2) is 9.97 Å². The predicted molar refractivity (Wildman–Crippen MR) is 204 cm³/mol. The number of para-hydroxylation sites is 4. The van der Waals surface area contributed by atoms with Gasteiger partial charge in [-0.1, -0.05) is 42.5 Å². The van der Waals surface area contributed by atoms with E-state index < -0.39 is 0 Å². The van der Waals surface area contributed by atoms with Crippen LogP contribution in [0, 0.1) is 0 Å². The second kappa shape index (κ2) is 11.4. The summed E-state index contributed by atoms with van der Waals surface area (Å²) in [6, 6.07) is 49.6. The van der Waals surface area contributed by atoms with Crippen molar-refractivity contribution in [2.45, 2.75) is 12.2 Å². The SMILES string of the molecule is CC(S)c1ccc2c(c1)N(c1ccc(-c3nc4ccccc4s3)cc1)c1ccccc1N2c1ccc(-c2nc3ccccc3s2)cc1. The second-order valence-corrected chi connectivity index (χ2v) is 14.5. The smallest absolute Gasteiger partial charge is 0.124 e. The number of nitrogens with zero attached hydrogens (tertiary/aromatic N) is 4. The number of fused-ring (bicyclic) bond motifs is 4. The highest BCUT2D eigenvalue weighted by atomic mass is 32.1. The van der Waals surface area contributed by atoms with Gasteiger partial charge in [-0.3, -0.25) is 0 Å². The highest BCUT2D eigenvalue weighted by Crippen LogP contribution is 2.55. The highest BCUT2D eigenvalue weighted by Gasteiger charge is 2.31. The Bertz CT molecular complexity index is 2340. The van der Waals surface area contributed by atoms with Gasteiger partial charge in [-0.05, 0) is 110 Å². The molecule has 8 aromatic rings. The van der Waals surface area contributed by atoms with Crippen LogP contribution in [0.2, 0.25) is 0 Å². The van der Waals surface area contributed by atoms with Crippen LogP contribution in [0.5, 0.6) is 0 Å². The molecule has 0 amide bonds. The fraction of sp³-hybridized carbons (Fsp3) is 0.0500. The molecule has 6 aromatic carbocycles. The van der Waals surface area contributed by atoms with Gasteiger partial charge in [-0.25, -0.2) is 9.97 Å². The summed E-state index contributed by atoms with van der Waals surface area (Å²) in [5.41, 5.74) is 12.2. The Morgan fingerprint density at radius 3 is 1.45 bits per heavy atom. The molecule has 0 aliphatic carbocycles. The van der Waals surface area contributed by atoms with Crippen LogP contribution in [0.3, 0.4) is 0 Å². The number of benzene rings is 6. The first-order valence-electron chi connectivity index (χ1n) is 15.5. The molecule has 1 aliphatic rings. The predicted octanol–water partition coefficient (Wildman–Crippen LogP) is 12.5. The molecule has 0 radical (unpaired) electrons. The Morgan fingerprint density at radius 1 is 0.511 bits per heavy atom. The van der Waals surface area contributed by atoms with E-state index in [-0.39, 0.29) is 5.25 Å². The van der Waals surface area contributed by atoms with Gasteiger partial charge in [0.15, 0.2) is 0 Å². The standard InChI is InChI=1S/C40H28N4S3/c1-25(45)28-18-23-35-36(24-28)44(30-21-16-27(17-22-30)40-42-32-9-3-7-13-38(32)47-40)34-11-5-4-10-33(34)43(35)29-19-14-26(15-20-29)39-41-31-8-2-6-12-37(31)46-39/h2-25,45H,1H3. The van der Waals surface area contributed by atoms with Crippen LogP contribution in [0.4, 0.5) is 34.1 Å². The zero-order chi connectivity index (χ0) is 31.5. The minimum Gasteiger partial charge on any atom is -0.306 e. The fourth-order valence-corrected chi connectivity index (χ4v) is 8.43. The third-order valence-corrected chi connectivity index (χ3v) is 11.1. The summed E-state index contributed by atoms with van der Waals surface area (Å²) >= 11 is 8.28. The number of thiazole rings is 2. The number of rotatable bonds is 5. The molecule has 1 aliphatic heterocycles. The molecule has 7 heteroatoms. The van der Waals surface area contributed by atoms with Crippen molar-refractivity contribution in [3.05, 3.63) is 145 Å². The van der Waals surface area contributed by atoms with Gasteiger partial charge in [-0.15, -0.1) is 22.7 Å². The molecule has 0 fully saturated rings. The van der Waals surface area contributed by atoms with Crippen molar-refractivity contribution in [1.82, 2.24) is 9.97 Å². The quantitative estimate of drug-likeness (QED) is 0.186. The zero-order valence-corrected chi connectivity index (χ0v) is 27.9. The lowest BCUT2D eigenvalue weighted by Crippen LogP contribution is -2.24. The van der Waals surface area contributed by atoms with Gasteiger partial charge in [0, 0.05) is 27.8 Å². The monoisotopic (exact) mass is 660 g/mol. The molecule has 1 atom stereocenters. The topological polar surface area (TPSA) is 32.3 Å². The van der Waals surface area contributed by atoms with Crippen molar-refractivity contribution in [1.29, 1.82) is 0 Å². The Hall–Kier alpha value is -4.95. The summed E-state index contributed by atoms with van der Waals surface area (Å²) in [6.07, 6.45) is 0. The number of thiol groups is 1. The van der Waals surface area contributed by atoms with Crippen molar-refractivity contribution in [3.63, 3.8) is 0 Å². The molecular weight excluding hydrogens is 633 g/mol. The van der Waals surface area contributed by atoms with Gasteiger partial charge in [0.05, 0.1) is 43.2 Å². The van der Waals surface area contributed by atoms with Gasteiger partial charge in [0.1, 0.15) is 10.0 Å². The first-order chi connectivity index (χ1) is 23.1. The van der Waals surface area contributed by atoms with E-state index in [1.165, 1.54) is 15.0 Å². The van der Waals surface area contributed by atoms with Gasteiger partial charge >= 0.3 is 0 Å². The lowest BCUT2D eigenvalue weighted by molar-refractivity contribution is 1.09. The second-order valence-electron chi connectivity index (χ2n) is 11.7. The molecule has 0 spiro atoms. The van der Waals surface area contributed by atoms with Crippen molar-refractivity contribution >= 4 is 89.9 Å². The summed E-state index contributed by atoms with van der Waals surface area (Å²) < 4.78 is 2.40. The maximum Gasteiger partial charge on any atom is 0.124 e. The van der Waals surface area contributed by atoms with Crippen LogP contribution >= 0.6 is 35.3 Å². The van der Waals surface area contributed by atoms with Gasteiger partial charge < -0.3 is 9.80 Å². The van der Waals surface area contributed by atoms with Crippen molar-refractivity contribution < 1.29 is 0 Å². The summed E-state index contributed by atoms with van der Waals surface area (Å²) in [6.45, 7) is 2.12. The van der Waals surface area contributed by atoms with Crippen LogP contribution < -0.4 is 9.80 Å². The molecule has 0 saturated carbocycles. The van der Waals surface area contributed by atoms with Crippen molar-refractivity contribution in [3.8, 4) is 21.1 Å². The number of aromatic nitrogens is 2. The van der Waals surface area contributed by atoms with E-state index >= 15 is 0 Å². The van der Waals surface area contributed by atoms with Crippen LogP contribution in [0.25, 0.3) is 41.6 Å². The third kappa shape index (κ3) is 4.90. The highest BCUT2D eigenvalue weighted by molar-refractivity contribution is 7.80. The number of anilines is 6. The van der Waals surface area contributed by atoms with E-state index in [2.05, 4.69) is 144 Å². The maximum atomic E-state index is 4.89. The zero-order valence-electron chi connectivity index (χ0n) is 25.4. The average molecular weight is 661 g/mol. The van der Waals surface area contributed by atoms with E-state index in [0.29, 0.717) is 0 Å². The molecular formula is C40H28N4S3. The Balaban J connectivity index is 1.14. The van der Waals surface area contributed by atoms with E-state index in [1.54, 1.807) is 22.7 Å². The largest absolute Gasteiger partial charge is 0.306 e. The third-order valence-electron chi connectivity index (χ3n) is 8.66. The Morgan fingerprint density at radius 2 is 0.957 bits per heavy atom. The lowest BCUT2D eigenvalue weighted by Gasteiger charge is -2.40. The molecule has 0 bridgehead atoms. The molecule has 1 unspecified atom stereocenters. The normalized spacial score (nSPS) is 13.1. The Kier molecular flexibility index (Phi) is 6.85. The molecule has 2 aromatic heterocycles. The van der Waals surface area contributed by atoms with E-state index in [4.69, 9.17) is 22.6 Å². The molecule has 226 valence electrons. The lowest BCUT2D eigenvalue weighted by atomic mass is 10.0. The fourth-order valence-electron chi connectivity index (χ4n) is 6.32. The van der Waals surface area contributed by atoms with Crippen LogP contribution in [0.15, 0.2) is 140 Å². The van der Waals surface area contributed by atoms with E-state index in [1.807, 2.05) is 12.1 Å². The molecule has 0 saturated heterocycles. The number of hydrogen-bond donors (Lipinski definition) is 1. The van der Waals surface area contributed by atoms with Crippen LogP contribution in [-0.2, 0) is 0 Å². The van der Waals surface area contributed by atoms with E-state index in [9.17, 15) is 0 Å². The maximum absolute atomic E-state index is 4.89. The van der Waals surface area contributed by atoms with Crippen molar-refractivity contribution in [2.24, 2.45) is 0 Å². The molecule has 0 N–H and O–H groups in total. The first kappa shape index (κ1) is 28.3. The Labute approximate surface area is 286 Å². The molecule has 3 heterocycles. The van der Waals surface area contributed by atoms with Crippen molar-refractivity contribution in [2.75, 3.05) is 9.80 Å². The molecule has 9 rings (SSSR count). The first-order valence-corrected chi connectivity index (χ1v) is 17.7. The average Bonchev–Trinajstić information content (AvgIpc) is 3.76.